The largest absolute Gasteiger partial charge is 0.347 e. The van der Waals surface area contributed by atoms with Crippen molar-refractivity contribution in [3.63, 3.8) is 0 Å². The van der Waals surface area contributed by atoms with Crippen molar-refractivity contribution in [2.24, 2.45) is 0 Å². The fourth-order valence-electron chi connectivity index (χ4n) is 1.78. The molecule has 0 saturated heterocycles. The fourth-order valence-corrected chi connectivity index (χ4v) is 2.26. The van der Waals surface area contributed by atoms with Gasteiger partial charge in [-0.3, -0.25) is 4.79 Å². The molecule has 0 unspecified atom stereocenters. The van der Waals surface area contributed by atoms with Crippen LogP contribution in [0.15, 0.2) is 30.6 Å². The van der Waals surface area contributed by atoms with E-state index in [2.05, 4.69) is 10.4 Å². The normalized spacial score (nSPS) is 11.7. The van der Waals surface area contributed by atoms with Crippen LogP contribution in [0.5, 0.6) is 0 Å². The smallest absolute Gasteiger partial charge is 0.255 e. The second-order valence-corrected chi connectivity index (χ2v) is 5.24. The van der Waals surface area contributed by atoms with Gasteiger partial charge in [-0.1, -0.05) is 6.07 Å². The highest BCUT2D eigenvalue weighted by molar-refractivity contribution is 6.17. The van der Waals surface area contributed by atoms with Gasteiger partial charge in [0.15, 0.2) is 0 Å². The number of nitrogens with zero attached hydrogens (tertiary/aromatic N) is 2. The molecule has 96 valence electrons. The molecule has 0 spiro atoms. The highest BCUT2D eigenvalue weighted by Gasteiger charge is 2.22. The number of carbonyl (C=O) groups is 1. The van der Waals surface area contributed by atoms with Crippen molar-refractivity contribution in [2.75, 3.05) is 5.88 Å². The number of halogens is 1. The fraction of sp³-hybridized carbons (Fsp3) is 0.385. The molecule has 0 atom stereocenters. The van der Waals surface area contributed by atoms with E-state index in [9.17, 15) is 4.79 Å². The van der Waals surface area contributed by atoms with Crippen LogP contribution < -0.4 is 5.32 Å². The predicted molar refractivity (Wildman–Crippen MR) is 72.1 cm³/mol. The van der Waals surface area contributed by atoms with E-state index in [1.54, 1.807) is 10.7 Å². The summed E-state index contributed by atoms with van der Waals surface area (Å²) >= 11 is 5.72. The molecular weight excluding hydrogens is 250 g/mol. The molecule has 0 fully saturated rings. The summed E-state index contributed by atoms with van der Waals surface area (Å²) < 4.78 is 1.68. The summed E-state index contributed by atoms with van der Waals surface area (Å²) in [5.74, 6) is 0.397. The second-order valence-electron chi connectivity index (χ2n) is 4.87. The maximum atomic E-state index is 12.2. The lowest BCUT2D eigenvalue weighted by Crippen LogP contribution is -2.43. The van der Waals surface area contributed by atoms with Crippen LogP contribution in [0.4, 0.5) is 0 Å². The van der Waals surface area contributed by atoms with Crippen molar-refractivity contribution in [1.82, 2.24) is 14.9 Å². The molecule has 0 bridgehead atoms. The van der Waals surface area contributed by atoms with Gasteiger partial charge in [0.1, 0.15) is 0 Å². The first-order valence-corrected chi connectivity index (χ1v) is 6.38. The van der Waals surface area contributed by atoms with E-state index < -0.39 is 0 Å². The highest BCUT2D eigenvalue weighted by atomic mass is 35.5. The molecule has 0 aliphatic carbocycles. The van der Waals surface area contributed by atoms with E-state index >= 15 is 0 Å². The number of fused-ring (bicyclic) bond motifs is 1. The Labute approximate surface area is 111 Å². The first-order valence-electron chi connectivity index (χ1n) is 5.84. The predicted octanol–water partition coefficient (Wildman–Crippen LogP) is 2.47. The number of hydrogen-bond acceptors (Lipinski definition) is 2. The quantitative estimate of drug-likeness (QED) is 0.864. The molecule has 0 aromatic carbocycles. The van der Waals surface area contributed by atoms with Crippen LogP contribution in [-0.4, -0.2) is 26.9 Å². The zero-order chi connectivity index (χ0) is 13.2. The van der Waals surface area contributed by atoms with Crippen LogP contribution in [0.1, 0.15) is 30.6 Å². The van der Waals surface area contributed by atoms with Gasteiger partial charge in [0.2, 0.25) is 0 Å². The minimum absolute atomic E-state index is 0.119. The maximum Gasteiger partial charge on any atom is 0.255 e. The van der Waals surface area contributed by atoms with Crippen LogP contribution in [0, 0.1) is 0 Å². The Morgan fingerprint density at radius 3 is 3.00 bits per heavy atom. The first-order chi connectivity index (χ1) is 8.53. The third-order valence-corrected chi connectivity index (χ3v) is 3.03. The number of nitrogens with one attached hydrogen (secondary N) is 1. The molecule has 1 N–H and O–H groups in total. The lowest BCUT2D eigenvalue weighted by Gasteiger charge is -2.25. The Kier molecular flexibility index (Phi) is 3.57. The monoisotopic (exact) mass is 265 g/mol. The summed E-state index contributed by atoms with van der Waals surface area (Å²) in [6.45, 7) is 3.91. The molecule has 0 radical (unpaired) electrons. The summed E-state index contributed by atoms with van der Waals surface area (Å²) in [4.78, 5) is 12.2. The van der Waals surface area contributed by atoms with Gasteiger partial charge in [-0.15, -0.1) is 11.6 Å². The van der Waals surface area contributed by atoms with E-state index in [1.165, 1.54) is 0 Å². The van der Waals surface area contributed by atoms with Gasteiger partial charge >= 0.3 is 0 Å². The van der Waals surface area contributed by atoms with Gasteiger partial charge in [0.05, 0.1) is 17.3 Å². The number of amides is 1. The molecule has 2 heterocycles. The molecule has 2 aromatic heterocycles. The molecule has 4 nitrogen and oxygen atoms in total. The summed E-state index contributed by atoms with van der Waals surface area (Å²) in [6.07, 6.45) is 4.12. The van der Waals surface area contributed by atoms with Gasteiger partial charge in [-0.2, -0.15) is 5.10 Å². The molecule has 18 heavy (non-hydrogen) atoms. The number of pyridine rings is 1. The van der Waals surface area contributed by atoms with E-state index in [0.29, 0.717) is 11.4 Å². The van der Waals surface area contributed by atoms with Gasteiger partial charge in [-0.25, -0.2) is 4.52 Å². The minimum Gasteiger partial charge on any atom is -0.347 e. The average Bonchev–Trinajstić information content (AvgIpc) is 2.71. The molecule has 0 aliphatic rings. The minimum atomic E-state index is -0.318. The molecule has 0 aliphatic heterocycles. The zero-order valence-electron chi connectivity index (χ0n) is 10.5. The lowest BCUT2D eigenvalue weighted by atomic mass is 10.0. The van der Waals surface area contributed by atoms with E-state index in [-0.39, 0.29) is 11.4 Å². The average molecular weight is 266 g/mol. The van der Waals surface area contributed by atoms with Crippen LogP contribution >= 0.6 is 11.6 Å². The molecule has 0 saturated carbocycles. The maximum absolute atomic E-state index is 12.2. The molecule has 2 rings (SSSR count). The van der Waals surface area contributed by atoms with Crippen molar-refractivity contribution in [3.8, 4) is 0 Å². The SMILES string of the molecule is CC(C)(CCCl)NC(=O)c1cnn2ccccc12. The summed E-state index contributed by atoms with van der Waals surface area (Å²) in [5.41, 5.74) is 1.07. The Morgan fingerprint density at radius 1 is 1.50 bits per heavy atom. The van der Waals surface area contributed by atoms with Crippen molar-refractivity contribution in [3.05, 3.63) is 36.2 Å². The number of rotatable bonds is 4. The van der Waals surface area contributed by atoms with Crippen molar-refractivity contribution in [2.45, 2.75) is 25.8 Å². The van der Waals surface area contributed by atoms with Crippen LogP contribution in [0.2, 0.25) is 0 Å². The Balaban J connectivity index is 2.24. The Bertz CT molecular complexity index is 562. The molecular formula is C13H16ClN3O. The molecule has 1 amide bonds. The Hall–Kier alpha value is -1.55. The van der Waals surface area contributed by atoms with Crippen LogP contribution in [-0.2, 0) is 0 Å². The number of hydrogen-bond donors (Lipinski definition) is 1. The molecule has 2 aromatic rings. The summed E-state index contributed by atoms with van der Waals surface area (Å²) in [7, 11) is 0. The van der Waals surface area contributed by atoms with Crippen LogP contribution in [0.25, 0.3) is 5.52 Å². The van der Waals surface area contributed by atoms with E-state index in [0.717, 1.165) is 11.9 Å². The number of carbonyl (C=O) groups excluding carboxylic acids is 1. The number of alkyl halides is 1. The van der Waals surface area contributed by atoms with Gasteiger partial charge in [0, 0.05) is 17.6 Å². The zero-order valence-corrected chi connectivity index (χ0v) is 11.2. The van der Waals surface area contributed by atoms with E-state index in [1.807, 2.05) is 38.2 Å². The number of aromatic nitrogens is 2. The van der Waals surface area contributed by atoms with Crippen molar-refractivity contribution >= 4 is 23.0 Å². The third-order valence-electron chi connectivity index (χ3n) is 2.84. The van der Waals surface area contributed by atoms with Crippen molar-refractivity contribution < 1.29 is 4.79 Å². The topological polar surface area (TPSA) is 46.4 Å². The lowest BCUT2D eigenvalue weighted by molar-refractivity contribution is 0.0913. The van der Waals surface area contributed by atoms with Gasteiger partial charge < -0.3 is 5.32 Å². The molecule has 5 heteroatoms. The van der Waals surface area contributed by atoms with E-state index in [4.69, 9.17) is 11.6 Å². The van der Waals surface area contributed by atoms with Crippen LogP contribution in [0.3, 0.4) is 0 Å². The van der Waals surface area contributed by atoms with Crippen molar-refractivity contribution in [1.29, 1.82) is 0 Å². The standard InChI is InChI=1S/C13H16ClN3O/c1-13(2,6-7-14)16-12(18)10-9-15-17-8-4-3-5-11(10)17/h3-5,8-9H,6-7H2,1-2H3,(H,16,18). The van der Waals surface area contributed by atoms with Gasteiger partial charge in [-0.05, 0) is 32.4 Å². The second kappa shape index (κ2) is 4.98. The summed E-state index contributed by atoms with van der Waals surface area (Å²) in [6, 6.07) is 5.63. The first kappa shape index (κ1) is 12.9. The van der Waals surface area contributed by atoms with Gasteiger partial charge in [0.25, 0.3) is 5.91 Å². The Morgan fingerprint density at radius 2 is 2.28 bits per heavy atom. The highest BCUT2D eigenvalue weighted by Crippen LogP contribution is 2.14. The summed E-state index contributed by atoms with van der Waals surface area (Å²) in [5, 5.41) is 7.12. The third kappa shape index (κ3) is 2.64.